The molecule has 5 heteroatoms. The van der Waals surface area contributed by atoms with Crippen molar-refractivity contribution in [3.05, 3.63) is 66.4 Å². The number of aromatic nitrogens is 4. The molecular formula is C20H19N5. The van der Waals surface area contributed by atoms with Crippen LogP contribution in [0.5, 0.6) is 0 Å². The molecule has 0 aliphatic carbocycles. The first-order chi connectivity index (χ1) is 12.3. The van der Waals surface area contributed by atoms with Gasteiger partial charge in [-0.25, -0.2) is 15.0 Å². The van der Waals surface area contributed by atoms with E-state index in [0.29, 0.717) is 6.54 Å². The number of fused-ring (bicyclic) bond motifs is 1. The molecule has 5 nitrogen and oxygen atoms in total. The third-order valence-electron chi connectivity index (χ3n) is 4.42. The Hall–Kier alpha value is -3.05. The molecule has 0 aliphatic heterocycles. The summed E-state index contributed by atoms with van der Waals surface area (Å²) in [6.07, 6.45) is 6.35. The lowest BCUT2D eigenvalue weighted by atomic mass is 10.0. The molecule has 3 N–H and O–H groups in total. The summed E-state index contributed by atoms with van der Waals surface area (Å²) in [6.45, 7) is 2.64. The van der Waals surface area contributed by atoms with Gasteiger partial charge in [-0.3, -0.25) is 0 Å². The first-order valence-corrected chi connectivity index (χ1v) is 8.36. The fourth-order valence-electron chi connectivity index (χ4n) is 2.94. The van der Waals surface area contributed by atoms with Gasteiger partial charge in [-0.1, -0.05) is 31.2 Å². The highest BCUT2D eigenvalue weighted by Crippen LogP contribution is 2.30. The van der Waals surface area contributed by atoms with Crippen LogP contribution >= 0.6 is 0 Å². The van der Waals surface area contributed by atoms with E-state index in [4.69, 9.17) is 5.73 Å². The Morgan fingerprint density at radius 2 is 1.84 bits per heavy atom. The van der Waals surface area contributed by atoms with E-state index in [1.54, 1.807) is 6.33 Å². The highest BCUT2D eigenvalue weighted by atomic mass is 14.9. The Kier molecular flexibility index (Phi) is 3.99. The normalized spacial score (nSPS) is 11.1. The lowest BCUT2D eigenvalue weighted by Crippen LogP contribution is -1.95. The van der Waals surface area contributed by atoms with Gasteiger partial charge in [0.1, 0.15) is 12.0 Å². The van der Waals surface area contributed by atoms with Crippen LogP contribution < -0.4 is 5.73 Å². The number of aryl methyl sites for hydroxylation is 1. The van der Waals surface area contributed by atoms with Crippen LogP contribution in [0.25, 0.3) is 33.4 Å². The highest BCUT2D eigenvalue weighted by molar-refractivity contribution is 5.94. The quantitative estimate of drug-likeness (QED) is 0.598. The van der Waals surface area contributed by atoms with Gasteiger partial charge in [0.05, 0.1) is 5.69 Å². The summed E-state index contributed by atoms with van der Waals surface area (Å²) in [6, 6.07) is 12.4. The minimum Gasteiger partial charge on any atom is -0.345 e. The Balaban J connectivity index is 1.81. The van der Waals surface area contributed by atoms with Gasteiger partial charge < -0.3 is 10.7 Å². The van der Waals surface area contributed by atoms with Crippen molar-refractivity contribution >= 4 is 11.0 Å². The molecule has 0 spiro atoms. The molecule has 25 heavy (non-hydrogen) atoms. The summed E-state index contributed by atoms with van der Waals surface area (Å²) in [5.74, 6) is 0. The minimum atomic E-state index is 0.549. The number of nitrogens with one attached hydrogen (secondary N) is 1. The molecule has 0 aliphatic rings. The first-order valence-electron chi connectivity index (χ1n) is 8.36. The predicted molar refractivity (Wildman–Crippen MR) is 99.8 cm³/mol. The molecule has 3 heterocycles. The zero-order valence-electron chi connectivity index (χ0n) is 14.0. The van der Waals surface area contributed by atoms with E-state index < -0.39 is 0 Å². The SMILES string of the molecule is CCc1cc(-c2c[nH]c3ncc(-c4ccc(CN)cc4)cc23)ncn1. The van der Waals surface area contributed by atoms with Crippen molar-refractivity contribution in [2.75, 3.05) is 0 Å². The third-order valence-corrected chi connectivity index (χ3v) is 4.42. The summed E-state index contributed by atoms with van der Waals surface area (Å²) < 4.78 is 0. The summed E-state index contributed by atoms with van der Waals surface area (Å²) in [5, 5.41) is 1.06. The van der Waals surface area contributed by atoms with Gasteiger partial charge in [0.25, 0.3) is 0 Å². The van der Waals surface area contributed by atoms with Gasteiger partial charge in [-0.15, -0.1) is 0 Å². The predicted octanol–water partition coefficient (Wildman–Crippen LogP) is 3.71. The fourth-order valence-corrected chi connectivity index (χ4v) is 2.94. The maximum Gasteiger partial charge on any atom is 0.137 e. The van der Waals surface area contributed by atoms with E-state index in [2.05, 4.69) is 57.2 Å². The number of pyridine rings is 1. The van der Waals surface area contributed by atoms with E-state index in [-0.39, 0.29) is 0 Å². The second-order valence-corrected chi connectivity index (χ2v) is 5.97. The minimum absolute atomic E-state index is 0.549. The maximum atomic E-state index is 5.68. The van der Waals surface area contributed by atoms with Crippen LogP contribution in [0.2, 0.25) is 0 Å². The Morgan fingerprint density at radius 1 is 1.00 bits per heavy atom. The number of rotatable bonds is 4. The molecule has 0 radical (unpaired) electrons. The monoisotopic (exact) mass is 329 g/mol. The molecule has 4 aromatic rings. The molecule has 0 atom stereocenters. The van der Waals surface area contributed by atoms with Gasteiger partial charge >= 0.3 is 0 Å². The molecule has 0 saturated carbocycles. The molecule has 0 fully saturated rings. The van der Waals surface area contributed by atoms with Crippen LogP contribution in [0.15, 0.2) is 55.1 Å². The summed E-state index contributed by atoms with van der Waals surface area (Å²) in [5.41, 5.74) is 12.8. The van der Waals surface area contributed by atoms with E-state index in [0.717, 1.165) is 51.1 Å². The van der Waals surface area contributed by atoms with Crippen LogP contribution in [0.4, 0.5) is 0 Å². The Labute approximate surface area is 146 Å². The molecule has 3 aromatic heterocycles. The number of hydrogen-bond donors (Lipinski definition) is 2. The van der Waals surface area contributed by atoms with Crippen LogP contribution in [-0.4, -0.2) is 19.9 Å². The highest BCUT2D eigenvalue weighted by Gasteiger charge is 2.11. The molecule has 0 bridgehead atoms. The van der Waals surface area contributed by atoms with Gasteiger partial charge in [0.2, 0.25) is 0 Å². The van der Waals surface area contributed by atoms with E-state index in [9.17, 15) is 0 Å². The average Bonchev–Trinajstić information content (AvgIpc) is 3.11. The number of hydrogen-bond acceptors (Lipinski definition) is 4. The van der Waals surface area contributed by atoms with Crippen LogP contribution in [0.1, 0.15) is 18.2 Å². The van der Waals surface area contributed by atoms with Crippen molar-refractivity contribution in [1.82, 2.24) is 19.9 Å². The Bertz CT molecular complexity index is 1020. The molecule has 4 rings (SSSR count). The second-order valence-electron chi connectivity index (χ2n) is 5.97. The van der Waals surface area contributed by atoms with Crippen molar-refractivity contribution in [3.8, 4) is 22.4 Å². The van der Waals surface area contributed by atoms with Crippen molar-refractivity contribution in [2.45, 2.75) is 19.9 Å². The summed E-state index contributed by atoms with van der Waals surface area (Å²) in [4.78, 5) is 16.5. The summed E-state index contributed by atoms with van der Waals surface area (Å²) >= 11 is 0. The first kappa shape index (κ1) is 15.5. The topological polar surface area (TPSA) is 80.5 Å². The van der Waals surface area contributed by atoms with Crippen molar-refractivity contribution in [1.29, 1.82) is 0 Å². The van der Waals surface area contributed by atoms with Gasteiger partial charge in [0.15, 0.2) is 0 Å². The average molecular weight is 329 g/mol. The van der Waals surface area contributed by atoms with Crippen LogP contribution in [0.3, 0.4) is 0 Å². The van der Waals surface area contributed by atoms with Gasteiger partial charge in [-0.05, 0) is 29.7 Å². The van der Waals surface area contributed by atoms with Crippen LogP contribution in [-0.2, 0) is 13.0 Å². The molecule has 0 unspecified atom stereocenters. The Morgan fingerprint density at radius 3 is 2.60 bits per heavy atom. The fraction of sp³-hybridized carbons (Fsp3) is 0.150. The molecule has 1 aromatic carbocycles. The van der Waals surface area contributed by atoms with Crippen molar-refractivity contribution in [2.24, 2.45) is 5.73 Å². The number of benzene rings is 1. The molecule has 0 amide bonds. The molecule has 0 saturated heterocycles. The van der Waals surface area contributed by atoms with Crippen molar-refractivity contribution in [3.63, 3.8) is 0 Å². The summed E-state index contributed by atoms with van der Waals surface area (Å²) in [7, 11) is 0. The second kappa shape index (κ2) is 6.45. The number of H-pyrrole nitrogens is 1. The standard InChI is InChI=1S/C20H19N5/c1-2-16-8-19(25-12-24-16)18-11-23-20-17(18)7-15(10-22-20)14-5-3-13(9-21)4-6-14/h3-8,10-12H,2,9,21H2,1H3,(H,22,23). The van der Waals surface area contributed by atoms with E-state index in [1.165, 1.54) is 0 Å². The van der Waals surface area contributed by atoms with E-state index >= 15 is 0 Å². The maximum absolute atomic E-state index is 5.68. The lowest BCUT2D eigenvalue weighted by Gasteiger charge is -2.05. The molecule has 124 valence electrons. The zero-order valence-corrected chi connectivity index (χ0v) is 14.0. The zero-order chi connectivity index (χ0) is 17.2. The third kappa shape index (κ3) is 2.90. The van der Waals surface area contributed by atoms with E-state index in [1.807, 2.05) is 18.5 Å². The van der Waals surface area contributed by atoms with Gasteiger partial charge in [-0.2, -0.15) is 0 Å². The number of nitrogens with zero attached hydrogens (tertiary/aromatic N) is 3. The number of nitrogens with two attached hydrogens (primary N) is 1. The smallest absolute Gasteiger partial charge is 0.137 e. The molecular weight excluding hydrogens is 310 g/mol. The number of aromatic amines is 1. The van der Waals surface area contributed by atoms with Gasteiger partial charge in [0, 0.05) is 41.1 Å². The largest absolute Gasteiger partial charge is 0.345 e. The lowest BCUT2D eigenvalue weighted by molar-refractivity contribution is 1.00. The van der Waals surface area contributed by atoms with Crippen LogP contribution in [0, 0.1) is 0 Å². The van der Waals surface area contributed by atoms with Crippen molar-refractivity contribution < 1.29 is 0 Å².